The van der Waals surface area contributed by atoms with Gasteiger partial charge >= 0.3 is 0 Å². The number of halogens is 4. The van der Waals surface area contributed by atoms with Gasteiger partial charge in [-0.15, -0.1) is 12.4 Å². The van der Waals surface area contributed by atoms with Gasteiger partial charge in [0.05, 0.1) is 33.2 Å². The number of pyridine rings is 1. The van der Waals surface area contributed by atoms with Crippen LogP contribution in [0.25, 0.3) is 10.9 Å². The number of aromatic nitrogens is 1. The lowest BCUT2D eigenvalue weighted by Crippen LogP contribution is -2.25. The summed E-state index contributed by atoms with van der Waals surface area (Å²) in [4.78, 5) is 17.1. The molecule has 0 atom stereocenters. The lowest BCUT2D eigenvalue weighted by atomic mass is 10.1. The quantitative estimate of drug-likeness (QED) is 0.305. The Balaban J connectivity index is 0.00000432. The molecule has 1 heterocycles. The molecular formula is C24H23Cl2F2N5O2. The van der Waals surface area contributed by atoms with E-state index in [2.05, 4.69) is 27.0 Å². The number of likely N-dealkylation sites (N-methyl/N-ethyl adjacent to an activating group) is 1. The Labute approximate surface area is 212 Å². The minimum atomic E-state index is -0.720. The second-order valence-electron chi connectivity index (χ2n) is 7.00. The molecule has 0 aliphatic carbocycles. The average Bonchev–Trinajstić information content (AvgIpc) is 2.83. The van der Waals surface area contributed by atoms with Crippen molar-refractivity contribution in [2.45, 2.75) is 13.8 Å². The van der Waals surface area contributed by atoms with E-state index in [0.29, 0.717) is 34.5 Å². The maximum absolute atomic E-state index is 13.6. The fourth-order valence-electron chi connectivity index (χ4n) is 3.22. The number of nitrogens with zero attached hydrogens (tertiary/aromatic N) is 2. The Morgan fingerprint density at radius 3 is 2.71 bits per heavy atom. The van der Waals surface area contributed by atoms with Crippen LogP contribution >= 0.6 is 24.0 Å². The second kappa shape index (κ2) is 12.7. The number of carbonyl (C=O) groups is 1. The van der Waals surface area contributed by atoms with Gasteiger partial charge in [0.25, 0.3) is 5.91 Å². The first-order valence-corrected chi connectivity index (χ1v) is 10.8. The van der Waals surface area contributed by atoms with Crippen LogP contribution in [0.4, 0.5) is 25.8 Å². The largest absolute Gasteiger partial charge is 0.489 e. The Bertz CT molecular complexity index is 1300. The van der Waals surface area contributed by atoms with Gasteiger partial charge in [0.1, 0.15) is 30.9 Å². The molecule has 0 aliphatic heterocycles. The van der Waals surface area contributed by atoms with Crippen LogP contribution in [0, 0.1) is 17.1 Å². The lowest BCUT2D eigenvalue weighted by Gasteiger charge is -2.17. The van der Waals surface area contributed by atoms with E-state index in [9.17, 15) is 18.8 Å². The van der Waals surface area contributed by atoms with E-state index in [1.165, 1.54) is 24.4 Å². The first kappa shape index (κ1) is 27.6. The molecule has 0 saturated carbocycles. The van der Waals surface area contributed by atoms with E-state index < -0.39 is 18.4 Å². The SMILES string of the molecule is CC=C(NCC)C(=O)Nc1cc2c(Nc3ccc(F)c(Cl)c3)c(C#N)cnc2cc1OCCF.Cl. The van der Waals surface area contributed by atoms with E-state index >= 15 is 0 Å². The van der Waals surface area contributed by atoms with E-state index in [0.717, 1.165) is 0 Å². The number of fused-ring (bicyclic) bond motifs is 1. The number of rotatable bonds is 9. The predicted molar refractivity (Wildman–Crippen MR) is 136 cm³/mol. The summed E-state index contributed by atoms with van der Waals surface area (Å²) >= 11 is 5.89. The summed E-state index contributed by atoms with van der Waals surface area (Å²) in [7, 11) is 0. The highest BCUT2D eigenvalue weighted by Gasteiger charge is 2.17. The summed E-state index contributed by atoms with van der Waals surface area (Å²) in [5, 5.41) is 18.8. The van der Waals surface area contributed by atoms with Crippen molar-refractivity contribution < 1.29 is 18.3 Å². The second-order valence-corrected chi connectivity index (χ2v) is 7.41. The van der Waals surface area contributed by atoms with Crippen molar-refractivity contribution in [3.63, 3.8) is 0 Å². The molecule has 0 unspecified atom stereocenters. The van der Waals surface area contributed by atoms with Crippen molar-refractivity contribution >= 4 is 57.9 Å². The molecule has 3 aromatic rings. The Kier molecular flexibility index (Phi) is 10.1. The summed E-state index contributed by atoms with van der Waals surface area (Å²) in [6, 6.07) is 9.27. The van der Waals surface area contributed by atoms with Gasteiger partial charge in [-0.2, -0.15) is 5.26 Å². The van der Waals surface area contributed by atoms with Gasteiger partial charge in [0.15, 0.2) is 0 Å². The maximum atomic E-state index is 13.6. The lowest BCUT2D eigenvalue weighted by molar-refractivity contribution is -0.113. The molecule has 0 saturated heterocycles. The molecule has 0 spiro atoms. The summed E-state index contributed by atoms with van der Waals surface area (Å²) < 4.78 is 31.9. The minimum Gasteiger partial charge on any atom is -0.489 e. The zero-order chi connectivity index (χ0) is 24.7. The van der Waals surface area contributed by atoms with E-state index in [1.54, 1.807) is 25.1 Å². The number of amides is 1. The molecule has 0 aliphatic rings. The van der Waals surface area contributed by atoms with Gasteiger partial charge in [-0.25, -0.2) is 8.78 Å². The van der Waals surface area contributed by atoms with Gasteiger partial charge in [-0.1, -0.05) is 17.7 Å². The van der Waals surface area contributed by atoms with Crippen LogP contribution in [-0.2, 0) is 4.79 Å². The van der Waals surface area contributed by atoms with Crippen molar-refractivity contribution in [1.82, 2.24) is 10.3 Å². The molecule has 35 heavy (non-hydrogen) atoms. The number of carbonyl (C=O) groups excluding carboxylic acids is 1. The zero-order valence-electron chi connectivity index (χ0n) is 18.9. The number of benzene rings is 2. The van der Waals surface area contributed by atoms with Crippen molar-refractivity contribution in [2.75, 3.05) is 30.5 Å². The molecule has 184 valence electrons. The number of ether oxygens (including phenoxy) is 1. The van der Waals surface area contributed by atoms with Crippen LogP contribution in [0.2, 0.25) is 5.02 Å². The molecule has 7 nitrogen and oxygen atoms in total. The molecule has 0 radical (unpaired) electrons. The predicted octanol–water partition coefficient (Wildman–Crippen LogP) is 5.86. The number of nitriles is 1. The van der Waals surface area contributed by atoms with E-state index in [4.69, 9.17) is 16.3 Å². The summed E-state index contributed by atoms with van der Waals surface area (Å²) in [5.41, 5.74) is 2.08. The smallest absolute Gasteiger partial charge is 0.271 e. The molecule has 3 rings (SSSR count). The average molecular weight is 522 g/mol. The molecule has 11 heteroatoms. The van der Waals surface area contributed by atoms with Crippen LogP contribution < -0.4 is 20.7 Å². The van der Waals surface area contributed by atoms with Crippen LogP contribution in [0.3, 0.4) is 0 Å². The monoisotopic (exact) mass is 521 g/mol. The normalized spacial score (nSPS) is 10.8. The minimum absolute atomic E-state index is 0. The third kappa shape index (κ3) is 6.50. The van der Waals surface area contributed by atoms with Gasteiger partial charge in [-0.05, 0) is 38.1 Å². The van der Waals surface area contributed by atoms with Crippen LogP contribution in [0.1, 0.15) is 19.4 Å². The first-order valence-electron chi connectivity index (χ1n) is 10.4. The fourth-order valence-corrected chi connectivity index (χ4v) is 3.40. The molecule has 1 amide bonds. The van der Waals surface area contributed by atoms with Crippen LogP contribution in [0.5, 0.6) is 5.75 Å². The molecule has 0 fully saturated rings. The van der Waals surface area contributed by atoms with Crippen LogP contribution in [0.15, 0.2) is 48.3 Å². The number of hydrogen-bond donors (Lipinski definition) is 3. The molecule has 3 N–H and O–H groups in total. The number of anilines is 3. The zero-order valence-corrected chi connectivity index (χ0v) is 20.5. The molecule has 1 aromatic heterocycles. The Morgan fingerprint density at radius 2 is 2.09 bits per heavy atom. The maximum Gasteiger partial charge on any atom is 0.271 e. The fraction of sp³-hybridized carbons (Fsp3) is 0.208. The highest BCUT2D eigenvalue weighted by molar-refractivity contribution is 6.31. The van der Waals surface area contributed by atoms with Crippen LogP contribution in [-0.4, -0.2) is 30.7 Å². The summed E-state index contributed by atoms with van der Waals surface area (Å²) in [6.45, 7) is 3.18. The molecule has 0 bridgehead atoms. The third-order valence-electron chi connectivity index (χ3n) is 4.76. The van der Waals surface area contributed by atoms with Crippen molar-refractivity contribution in [3.8, 4) is 11.8 Å². The molecule has 2 aromatic carbocycles. The van der Waals surface area contributed by atoms with Gasteiger partial charge < -0.3 is 20.7 Å². The standard InChI is InChI=1S/C24H22ClF2N5O2.ClH/c1-3-19(29-4-2)24(33)32-21-10-16-20(11-22(21)34-8-7-26)30-13-14(12-28)23(16)31-15-5-6-18(27)17(25)9-15;/h3,5-6,9-11,13,29H,4,7-8H2,1-2H3,(H,30,31)(H,32,33);1H. The van der Waals surface area contributed by atoms with Gasteiger partial charge in [-0.3, -0.25) is 9.78 Å². The molecular weight excluding hydrogens is 499 g/mol. The van der Waals surface area contributed by atoms with Gasteiger partial charge in [0.2, 0.25) is 0 Å². The number of hydrogen-bond acceptors (Lipinski definition) is 6. The summed E-state index contributed by atoms with van der Waals surface area (Å²) in [6.07, 6.45) is 3.00. The van der Waals surface area contributed by atoms with Crippen molar-refractivity contribution in [3.05, 3.63) is 64.7 Å². The number of allylic oxidation sites excluding steroid dienone is 1. The third-order valence-corrected chi connectivity index (χ3v) is 5.05. The number of alkyl halides is 1. The highest BCUT2D eigenvalue weighted by atomic mass is 35.5. The van der Waals surface area contributed by atoms with Gasteiger partial charge in [0, 0.05) is 29.9 Å². The first-order chi connectivity index (χ1) is 16.4. The highest BCUT2D eigenvalue weighted by Crippen LogP contribution is 2.36. The van der Waals surface area contributed by atoms with E-state index in [1.807, 2.05) is 6.92 Å². The van der Waals surface area contributed by atoms with Crippen molar-refractivity contribution in [1.29, 1.82) is 5.26 Å². The topological polar surface area (TPSA) is 99.1 Å². The summed E-state index contributed by atoms with van der Waals surface area (Å²) in [5.74, 6) is -0.774. The Hall–Kier alpha value is -3.61. The number of nitrogens with one attached hydrogen (secondary N) is 3. The van der Waals surface area contributed by atoms with Crippen molar-refractivity contribution in [2.24, 2.45) is 0 Å². The van der Waals surface area contributed by atoms with E-state index in [-0.39, 0.29) is 41.0 Å². The Morgan fingerprint density at radius 1 is 1.31 bits per heavy atom.